The third-order valence-electron chi connectivity index (χ3n) is 3.67. The largest absolute Gasteiger partial charge is 0.325 e. The predicted molar refractivity (Wildman–Crippen MR) is 70.2 cm³/mol. The minimum absolute atomic E-state index is 0.119. The van der Waals surface area contributed by atoms with Crippen LogP contribution in [0.4, 0.5) is 0 Å². The Morgan fingerprint density at radius 3 is 2.94 bits per heavy atom. The van der Waals surface area contributed by atoms with E-state index in [1.54, 1.807) is 0 Å². The molecule has 0 amide bonds. The number of rotatable bonds is 3. The molecule has 1 aromatic carbocycles. The van der Waals surface area contributed by atoms with E-state index in [0.29, 0.717) is 5.15 Å². The Kier molecular flexibility index (Phi) is 2.42. The Labute approximate surface area is 106 Å². The van der Waals surface area contributed by atoms with Crippen LogP contribution in [0.25, 0.3) is 10.9 Å². The van der Waals surface area contributed by atoms with Gasteiger partial charge >= 0.3 is 0 Å². The van der Waals surface area contributed by atoms with Gasteiger partial charge < -0.3 is 5.73 Å². The first-order valence-corrected chi connectivity index (χ1v) is 6.35. The molecule has 0 radical (unpaired) electrons. The van der Waals surface area contributed by atoms with Gasteiger partial charge in [0.15, 0.2) is 5.15 Å². The maximum Gasteiger partial charge on any atom is 0.158 e. The number of fused-ring (bicyclic) bond motifs is 1. The highest BCUT2D eigenvalue weighted by Gasteiger charge is 2.37. The van der Waals surface area contributed by atoms with Crippen molar-refractivity contribution in [1.82, 2.24) is 9.78 Å². The van der Waals surface area contributed by atoms with Crippen LogP contribution in [0.5, 0.6) is 0 Å². The molecule has 0 atom stereocenters. The third-order valence-corrected chi connectivity index (χ3v) is 3.95. The fourth-order valence-electron chi connectivity index (χ4n) is 2.23. The van der Waals surface area contributed by atoms with Crippen LogP contribution in [0, 0.1) is 0 Å². The van der Waals surface area contributed by atoms with Crippen molar-refractivity contribution in [2.24, 2.45) is 12.8 Å². The van der Waals surface area contributed by atoms with Gasteiger partial charge in [0.1, 0.15) is 0 Å². The van der Waals surface area contributed by atoms with E-state index < -0.39 is 0 Å². The van der Waals surface area contributed by atoms with Crippen molar-refractivity contribution in [3.05, 3.63) is 28.9 Å². The van der Waals surface area contributed by atoms with Crippen LogP contribution in [-0.2, 0) is 13.5 Å². The molecule has 1 heterocycles. The first-order chi connectivity index (χ1) is 8.07. The number of nitrogens with two attached hydrogens (primary N) is 1. The van der Waals surface area contributed by atoms with E-state index in [1.807, 2.05) is 11.7 Å². The van der Waals surface area contributed by atoms with Crippen molar-refractivity contribution in [3.63, 3.8) is 0 Å². The first kappa shape index (κ1) is 11.1. The van der Waals surface area contributed by atoms with Gasteiger partial charge in [-0.15, -0.1) is 0 Å². The molecule has 1 aliphatic carbocycles. The lowest BCUT2D eigenvalue weighted by molar-refractivity contribution is 0.609. The summed E-state index contributed by atoms with van der Waals surface area (Å²) in [5.41, 5.74) is 8.59. The average Bonchev–Trinajstić information content (AvgIpc) is 2.98. The molecule has 4 heteroatoms. The van der Waals surface area contributed by atoms with E-state index >= 15 is 0 Å². The summed E-state index contributed by atoms with van der Waals surface area (Å²) >= 11 is 6.10. The summed E-state index contributed by atoms with van der Waals surface area (Å²) < 4.78 is 1.81. The second-order valence-electron chi connectivity index (χ2n) is 5.13. The Hall–Kier alpha value is -1.06. The maximum atomic E-state index is 6.10. The van der Waals surface area contributed by atoms with Crippen molar-refractivity contribution in [3.8, 4) is 0 Å². The lowest BCUT2D eigenvalue weighted by Gasteiger charge is -2.08. The fourth-order valence-corrected chi connectivity index (χ4v) is 2.49. The molecular weight excluding hydrogens is 234 g/mol. The maximum absolute atomic E-state index is 6.10. The van der Waals surface area contributed by atoms with E-state index in [9.17, 15) is 0 Å². The minimum atomic E-state index is 0.119. The lowest BCUT2D eigenvalue weighted by Crippen LogP contribution is -2.22. The number of aromatic nitrogens is 2. The minimum Gasteiger partial charge on any atom is -0.325 e. The molecule has 3 nitrogen and oxygen atoms in total. The van der Waals surface area contributed by atoms with Gasteiger partial charge in [-0.25, -0.2) is 0 Å². The quantitative estimate of drug-likeness (QED) is 0.909. The number of nitrogens with zero attached hydrogens (tertiary/aromatic N) is 2. The van der Waals surface area contributed by atoms with Crippen molar-refractivity contribution in [2.45, 2.75) is 31.2 Å². The van der Waals surface area contributed by atoms with Gasteiger partial charge in [-0.2, -0.15) is 5.10 Å². The monoisotopic (exact) mass is 249 g/mol. The summed E-state index contributed by atoms with van der Waals surface area (Å²) in [6.07, 6.45) is 4.43. The van der Waals surface area contributed by atoms with E-state index in [4.69, 9.17) is 17.3 Å². The van der Waals surface area contributed by atoms with Crippen LogP contribution in [0.15, 0.2) is 18.2 Å². The van der Waals surface area contributed by atoms with Gasteiger partial charge in [-0.05, 0) is 43.4 Å². The average molecular weight is 250 g/mol. The van der Waals surface area contributed by atoms with E-state index in [2.05, 4.69) is 23.3 Å². The van der Waals surface area contributed by atoms with Crippen LogP contribution in [-0.4, -0.2) is 15.3 Å². The topological polar surface area (TPSA) is 43.8 Å². The van der Waals surface area contributed by atoms with Crippen molar-refractivity contribution in [1.29, 1.82) is 0 Å². The highest BCUT2D eigenvalue weighted by Crippen LogP contribution is 2.36. The molecule has 0 bridgehead atoms. The smallest absolute Gasteiger partial charge is 0.158 e. The third kappa shape index (κ3) is 2.05. The summed E-state index contributed by atoms with van der Waals surface area (Å²) in [5, 5.41) is 5.83. The molecule has 90 valence electrons. The standard InChI is InChI=1S/C13H16ClN3/c1-17-11-3-2-9(4-5-13(15)6-7-13)8-10(11)12(14)16-17/h2-3,8H,4-7,15H2,1H3. The molecular formula is C13H16ClN3. The number of hydrogen-bond acceptors (Lipinski definition) is 2. The number of halogens is 1. The van der Waals surface area contributed by atoms with E-state index in [-0.39, 0.29) is 5.54 Å². The van der Waals surface area contributed by atoms with Crippen molar-refractivity contribution < 1.29 is 0 Å². The first-order valence-electron chi connectivity index (χ1n) is 5.97. The zero-order valence-corrected chi connectivity index (χ0v) is 10.7. The van der Waals surface area contributed by atoms with Crippen LogP contribution >= 0.6 is 11.6 Å². The predicted octanol–water partition coefficient (Wildman–Crippen LogP) is 2.65. The molecule has 0 spiro atoms. The molecule has 17 heavy (non-hydrogen) atoms. The molecule has 0 saturated heterocycles. The van der Waals surface area contributed by atoms with E-state index in [0.717, 1.165) is 23.7 Å². The summed E-state index contributed by atoms with van der Waals surface area (Å²) in [6, 6.07) is 6.36. The lowest BCUT2D eigenvalue weighted by atomic mass is 10.0. The van der Waals surface area contributed by atoms with Crippen LogP contribution < -0.4 is 5.73 Å². The van der Waals surface area contributed by atoms with Gasteiger partial charge in [-0.3, -0.25) is 4.68 Å². The van der Waals surface area contributed by atoms with E-state index in [1.165, 1.54) is 18.4 Å². The zero-order valence-electron chi connectivity index (χ0n) is 9.91. The number of hydrogen-bond donors (Lipinski definition) is 1. The SMILES string of the molecule is Cn1nc(Cl)c2cc(CCC3(N)CC3)ccc21. The second kappa shape index (κ2) is 3.72. The Morgan fingerprint density at radius 2 is 2.24 bits per heavy atom. The molecule has 3 rings (SSSR count). The summed E-state index contributed by atoms with van der Waals surface area (Å²) in [5.74, 6) is 0. The highest BCUT2D eigenvalue weighted by atomic mass is 35.5. The van der Waals surface area contributed by atoms with Crippen LogP contribution in [0.2, 0.25) is 5.15 Å². The van der Waals surface area contributed by atoms with Gasteiger partial charge in [0.25, 0.3) is 0 Å². The van der Waals surface area contributed by atoms with Gasteiger partial charge in [0, 0.05) is 18.0 Å². The molecule has 0 unspecified atom stereocenters. The molecule has 1 aromatic heterocycles. The Morgan fingerprint density at radius 1 is 1.47 bits per heavy atom. The van der Waals surface area contributed by atoms with Gasteiger partial charge in [0.2, 0.25) is 0 Å². The number of benzene rings is 1. The molecule has 1 fully saturated rings. The molecule has 2 N–H and O–H groups in total. The summed E-state index contributed by atoms with van der Waals surface area (Å²) in [4.78, 5) is 0. The van der Waals surface area contributed by atoms with Crippen molar-refractivity contribution in [2.75, 3.05) is 0 Å². The Balaban J connectivity index is 1.88. The summed E-state index contributed by atoms with van der Waals surface area (Å²) in [6.45, 7) is 0. The van der Waals surface area contributed by atoms with Gasteiger partial charge in [0.05, 0.1) is 5.52 Å². The fraction of sp³-hybridized carbons (Fsp3) is 0.462. The van der Waals surface area contributed by atoms with Crippen LogP contribution in [0.3, 0.4) is 0 Å². The molecule has 2 aromatic rings. The number of aryl methyl sites for hydroxylation is 2. The Bertz CT molecular complexity index is 569. The molecule has 1 saturated carbocycles. The summed E-state index contributed by atoms with van der Waals surface area (Å²) in [7, 11) is 1.91. The van der Waals surface area contributed by atoms with Crippen LogP contribution in [0.1, 0.15) is 24.8 Å². The van der Waals surface area contributed by atoms with Gasteiger partial charge in [-0.1, -0.05) is 17.7 Å². The highest BCUT2D eigenvalue weighted by molar-refractivity contribution is 6.34. The zero-order chi connectivity index (χ0) is 12.0. The van der Waals surface area contributed by atoms with Crippen molar-refractivity contribution >= 4 is 22.5 Å². The normalized spacial score (nSPS) is 17.6. The second-order valence-corrected chi connectivity index (χ2v) is 5.49. The molecule has 0 aliphatic heterocycles. The molecule has 1 aliphatic rings.